The first-order chi connectivity index (χ1) is 13.5. The van der Waals surface area contributed by atoms with Gasteiger partial charge >= 0.3 is 0 Å². The van der Waals surface area contributed by atoms with Crippen molar-refractivity contribution in [2.45, 2.75) is 25.4 Å². The number of phenols is 1. The Kier molecular flexibility index (Phi) is 8.58. The van der Waals surface area contributed by atoms with Crippen LogP contribution in [0.25, 0.3) is 0 Å². The van der Waals surface area contributed by atoms with Crippen molar-refractivity contribution in [1.29, 1.82) is 0 Å². The standard InChI is InChI=1S/C21H28N2O5/c1-27-20-8-3-2-5-15(20)6-4-7-16(24)14-23-11-12-28-17-9-10-19(25)18(13-17)21(22)26/h2-3,5,8-10,13,16,23-25H,4,6-7,11-12,14H2,1H3,(H2,22,26). The summed E-state index contributed by atoms with van der Waals surface area (Å²) in [7, 11) is 1.66. The number of aliphatic hydroxyl groups is 1. The number of hydrogen-bond donors (Lipinski definition) is 4. The van der Waals surface area contributed by atoms with Crippen molar-refractivity contribution in [1.82, 2.24) is 5.32 Å². The third-order valence-corrected chi connectivity index (χ3v) is 4.34. The summed E-state index contributed by atoms with van der Waals surface area (Å²) in [4.78, 5) is 11.2. The fourth-order valence-electron chi connectivity index (χ4n) is 2.85. The minimum absolute atomic E-state index is 0.0240. The van der Waals surface area contributed by atoms with Crippen molar-refractivity contribution in [2.75, 3.05) is 26.8 Å². The van der Waals surface area contributed by atoms with E-state index in [-0.39, 0.29) is 11.3 Å². The van der Waals surface area contributed by atoms with Gasteiger partial charge in [0.25, 0.3) is 5.91 Å². The fraction of sp³-hybridized carbons (Fsp3) is 0.381. The van der Waals surface area contributed by atoms with Crippen LogP contribution in [0.2, 0.25) is 0 Å². The Morgan fingerprint density at radius 2 is 2.04 bits per heavy atom. The molecule has 0 saturated carbocycles. The number of primary amides is 1. The molecule has 1 unspecified atom stereocenters. The molecular weight excluding hydrogens is 360 g/mol. The Hall–Kier alpha value is -2.77. The molecule has 0 aliphatic heterocycles. The van der Waals surface area contributed by atoms with Crippen LogP contribution in [0.1, 0.15) is 28.8 Å². The van der Waals surface area contributed by atoms with E-state index in [1.54, 1.807) is 13.2 Å². The second kappa shape index (κ2) is 11.2. The lowest BCUT2D eigenvalue weighted by Gasteiger charge is -2.13. The summed E-state index contributed by atoms with van der Waals surface area (Å²) in [6.07, 6.45) is 1.96. The number of rotatable bonds is 12. The fourth-order valence-corrected chi connectivity index (χ4v) is 2.85. The number of carbonyl (C=O) groups excluding carboxylic acids is 1. The molecule has 2 aromatic carbocycles. The lowest BCUT2D eigenvalue weighted by atomic mass is 10.0. The van der Waals surface area contributed by atoms with E-state index in [4.69, 9.17) is 15.2 Å². The Morgan fingerprint density at radius 1 is 1.25 bits per heavy atom. The maximum absolute atomic E-state index is 11.2. The number of aryl methyl sites for hydroxylation is 1. The predicted octanol–water partition coefficient (Wildman–Crippen LogP) is 1.85. The van der Waals surface area contributed by atoms with E-state index < -0.39 is 12.0 Å². The van der Waals surface area contributed by atoms with E-state index in [9.17, 15) is 15.0 Å². The van der Waals surface area contributed by atoms with Crippen LogP contribution in [0.3, 0.4) is 0 Å². The van der Waals surface area contributed by atoms with Crippen molar-refractivity contribution in [3.05, 3.63) is 53.6 Å². The molecule has 1 atom stereocenters. The van der Waals surface area contributed by atoms with E-state index >= 15 is 0 Å². The molecule has 0 aromatic heterocycles. The Morgan fingerprint density at radius 3 is 2.79 bits per heavy atom. The van der Waals surface area contributed by atoms with Crippen LogP contribution in [-0.4, -0.2) is 49.0 Å². The maximum atomic E-state index is 11.2. The summed E-state index contributed by atoms with van der Waals surface area (Å²) in [6.45, 7) is 1.37. The molecule has 0 spiro atoms. The van der Waals surface area contributed by atoms with Gasteiger partial charge in [0.2, 0.25) is 0 Å². The molecule has 28 heavy (non-hydrogen) atoms. The summed E-state index contributed by atoms with van der Waals surface area (Å²) in [5, 5.41) is 22.8. The number of ether oxygens (including phenoxy) is 2. The van der Waals surface area contributed by atoms with Crippen LogP contribution < -0.4 is 20.5 Å². The van der Waals surface area contributed by atoms with Crippen LogP contribution in [0.15, 0.2) is 42.5 Å². The van der Waals surface area contributed by atoms with Crippen molar-refractivity contribution in [2.24, 2.45) is 5.73 Å². The summed E-state index contributed by atoms with van der Waals surface area (Å²) < 4.78 is 10.9. The Bertz CT molecular complexity index is 766. The molecular formula is C21H28N2O5. The predicted molar refractivity (Wildman–Crippen MR) is 107 cm³/mol. The van der Waals surface area contributed by atoms with Gasteiger partial charge in [-0.15, -0.1) is 0 Å². The number of para-hydroxylation sites is 1. The summed E-state index contributed by atoms with van der Waals surface area (Å²) in [5.41, 5.74) is 6.35. The quantitative estimate of drug-likeness (QED) is 0.413. The highest BCUT2D eigenvalue weighted by atomic mass is 16.5. The number of aromatic hydroxyl groups is 1. The van der Waals surface area contributed by atoms with Gasteiger partial charge in [-0.1, -0.05) is 18.2 Å². The first-order valence-electron chi connectivity index (χ1n) is 9.27. The van der Waals surface area contributed by atoms with Crippen LogP contribution in [-0.2, 0) is 6.42 Å². The molecule has 1 amide bonds. The minimum Gasteiger partial charge on any atom is -0.507 e. The third kappa shape index (κ3) is 6.75. The number of nitrogens with two attached hydrogens (primary N) is 1. The van der Waals surface area contributed by atoms with Gasteiger partial charge in [0, 0.05) is 13.1 Å². The molecule has 2 aromatic rings. The van der Waals surface area contributed by atoms with Crippen molar-refractivity contribution >= 4 is 5.91 Å². The third-order valence-electron chi connectivity index (χ3n) is 4.34. The Labute approximate surface area is 165 Å². The first-order valence-corrected chi connectivity index (χ1v) is 9.27. The summed E-state index contributed by atoms with van der Waals surface area (Å²) in [5.74, 6) is 0.443. The van der Waals surface area contributed by atoms with E-state index in [0.29, 0.717) is 31.9 Å². The molecule has 5 N–H and O–H groups in total. The van der Waals surface area contributed by atoms with Gasteiger partial charge in [0.15, 0.2) is 0 Å². The van der Waals surface area contributed by atoms with Crippen LogP contribution >= 0.6 is 0 Å². The minimum atomic E-state index is -0.711. The Balaban J connectivity index is 1.62. The molecule has 152 valence electrons. The maximum Gasteiger partial charge on any atom is 0.252 e. The van der Waals surface area contributed by atoms with Gasteiger partial charge < -0.3 is 30.7 Å². The summed E-state index contributed by atoms with van der Waals surface area (Å²) in [6, 6.07) is 12.2. The number of carbonyl (C=O) groups is 1. The first kappa shape index (κ1) is 21.5. The topological polar surface area (TPSA) is 114 Å². The average Bonchev–Trinajstić information content (AvgIpc) is 2.69. The highest BCUT2D eigenvalue weighted by Gasteiger charge is 2.09. The molecule has 0 aliphatic rings. The van der Waals surface area contributed by atoms with Gasteiger partial charge in [-0.2, -0.15) is 0 Å². The SMILES string of the molecule is COc1ccccc1CCCC(O)CNCCOc1ccc(O)c(C(N)=O)c1. The van der Waals surface area contributed by atoms with E-state index in [2.05, 4.69) is 5.32 Å². The molecule has 0 radical (unpaired) electrons. The number of methoxy groups -OCH3 is 1. The van der Waals surface area contributed by atoms with Gasteiger partial charge in [0.05, 0.1) is 18.8 Å². The van der Waals surface area contributed by atoms with Crippen molar-refractivity contribution in [3.63, 3.8) is 0 Å². The number of benzene rings is 2. The number of amides is 1. The van der Waals surface area contributed by atoms with Crippen LogP contribution in [0, 0.1) is 0 Å². The average molecular weight is 388 g/mol. The zero-order valence-electron chi connectivity index (χ0n) is 16.1. The normalized spacial score (nSPS) is 11.8. The largest absolute Gasteiger partial charge is 0.507 e. The molecule has 0 fully saturated rings. The molecule has 7 nitrogen and oxygen atoms in total. The van der Waals surface area contributed by atoms with Crippen molar-refractivity contribution in [3.8, 4) is 17.2 Å². The lowest BCUT2D eigenvalue weighted by Crippen LogP contribution is -2.30. The lowest BCUT2D eigenvalue weighted by molar-refractivity contribution is 0.0997. The molecule has 2 rings (SSSR count). The second-order valence-electron chi connectivity index (χ2n) is 6.45. The molecule has 0 bridgehead atoms. The molecule has 0 saturated heterocycles. The zero-order chi connectivity index (χ0) is 20.4. The van der Waals surface area contributed by atoms with Crippen LogP contribution in [0.4, 0.5) is 0 Å². The molecule has 0 heterocycles. The molecule has 0 aliphatic carbocycles. The number of nitrogens with one attached hydrogen (secondary N) is 1. The van der Waals surface area contributed by atoms with Gasteiger partial charge in [0.1, 0.15) is 23.9 Å². The highest BCUT2D eigenvalue weighted by molar-refractivity contribution is 5.95. The van der Waals surface area contributed by atoms with Crippen molar-refractivity contribution < 1.29 is 24.5 Å². The van der Waals surface area contributed by atoms with E-state index in [1.807, 2.05) is 24.3 Å². The summed E-state index contributed by atoms with van der Waals surface area (Å²) >= 11 is 0. The van der Waals surface area contributed by atoms with Gasteiger partial charge in [-0.3, -0.25) is 4.79 Å². The number of aliphatic hydroxyl groups excluding tert-OH is 1. The zero-order valence-corrected chi connectivity index (χ0v) is 16.1. The second-order valence-corrected chi connectivity index (χ2v) is 6.45. The highest BCUT2D eigenvalue weighted by Crippen LogP contribution is 2.22. The van der Waals surface area contributed by atoms with E-state index in [0.717, 1.165) is 24.2 Å². The smallest absolute Gasteiger partial charge is 0.252 e. The van der Waals surface area contributed by atoms with Crippen LogP contribution in [0.5, 0.6) is 17.2 Å². The number of hydrogen-bond acceptors (Lipinski definition) is 6. The van der Waals surface area contributed by atoms with E-state index in [1.165, 1.54) is 12.1 Å². The van der Waals surface area contributed by atoms with Gasteiger partial charge in [-0.25, -0.2) is 0 Å². The monoisotopic (exact) mass is 388 g/mol. The van der Waals surface area contributed by atoms with Gasteiger partial charge in [-0.05, 0) is 49.1 Å². The molecule has 7 heteroatoms.